The van der Waals surface area contributed by atoms with E-state index in [2.05, 4.69) is 0 Å². The van der Waals surface area contributed by atoms with Gasteiger partial charge in [-0.2, -0.15) is 0 Å². The van der Waals surface area contributed by atoms with Crippen molar-refractivity contribution in [1.82, 2.24) is 9.21 Å². The normalized spacial score (nSPS) is 23.8. The molecule has 6 heteroatoms. The van der Waals surface area contributed by atoms with Gasteiger partial charge >= 0.3 is 0 Å². The predicted molar refractivity (Wildman–Crippen MR) is 57.8 cm³/mol. The third-order valence-corrected chi connectivity index (χ3v) is 3.91. The van der Waals surface area contributed by atoms with Gasteiger partial charge in [0.05, 0.1) is 12.2 Å². The molecule has 1 heterocycles. The maximum absolute atomic E-state index is 11.7. The fourth-order valence-electron chi connectivity index (χ4n) is 1.81. The monoisotopic (exact) mass is 234 g/mol. The van der Waals surface area contributed by atoms with Crippen molar-refractivity contribution in [3.63, 3.8) is 0 Å². The number of hydrogen-bond donors (Lipinski definition) is 0. The van der Waals surface area contributed by atoms with Gasteiger partial charge in [-0.25, -0.2) is 12.7 Å². The minimum Gasteiger partial charge on any atom is -0.349 e. The topological polar surface area (TPSA) is 57.7 Å². The Morgan fingerprint density at radius 1 is 1.40 bits per heavy atom. The average molecular weight is 234 g/mol. The molecule has 0 saturated carbocycles. The number of hydrogen-bond acceptors (Lipinski definition) is 3. The van der Waals surface area contributed by atoms with Crippen molar-refractivity contribution >= 4 is 15.9 Å². The Bertz CT molecular complexity index is 337. The molecule has 1 aliphatic rings. The first-order valence-electron chi connectivity index (χ1n) is 4.98. The van der Waals surface area contributed by atoms with Crippen molar-refractivity contribution in [3.8, 4) is 0 Å². The number of carbonyl (C=O) groups is 1. The minimum atomic E-state index is -3.16. The van der Waals surface area contributed by atoms with E-state index in [1.807, 2.05) is 0 Å². The van der Waals surface area contributed by atoms with Gasteiger partial charge in [-0.05, 0) is 12.8 Å². The summed E-state index contributed by atoms with van der Waals surface area (Å²) in [5.41, 5.74) is 0. The van der Waals surface area contributed by atoms with Gasteiger partial charge in [-0.3, -0.25) is 4.79 Å². The Morgan fingerprint density at radius 3 is 2.47 bits per heavy atom. The molecule has 1 fully saturated rings. The highest BCUT2D eigenvalue weighted by molar-refractivity contribution is 7.88. The van der Waals surface area contributed by atoms with E-state index < -0.39 is 10.0 Å². The summed E-state index contributed by atoms with van der Waals surface area (Å²) in [4.78, 5) is 13.2. The lowest BCUT2D eigenvalue weighted by molar-refractivity contribution is -0.134. The van der Waals surface area contributed by atoms with E-state index in [0.29, 0.717) is 13.1 Å². The van der Waals surface area contributed by atoms with Crippen LogP contribution in [0.5, 0.6) is 0 Å². The molecular weight excluding hydrogens is 216 g/mol. The zero-order chi connectivity index (χ0) is 11.6. The molecule has 1 amide bonds. The summed E-state index contributed by atoms with van der Waals surface area (Å²) in [6, 6.07) is 0. The van der Waals surface area contributed by atoms with Crippen LogP contribution in [0.4, 0.5) is 0 Å². The molecule has 0 aliphatic carbocycles. The number of nitrogens with zero attached hydrogens (tertiary/aromatic N) is 2. The average Bonchev–Trinajstić information content (AvgIpc) is 2.15. The van der Waals surface area contributed by atoms with E-state index in [4.69, 9.17) is 0 Å². The first-order chi connectivity index (χ1) is 6.82. The Morgan fingerprint density at radius 2 is 2.00 bits per heavy atom. The van der Waals surface area contributed by atoms with E-state index in [1.165, 1.54) is 15.5 Å². The third-order valence-electron chi connectivity index (χ3n) is 2.64. The minimum absolute atomic E-state index is 0.0170. The standard InChI is InChI=1S/C9H18N2O3S/c1-10(2)9(12)8-5-4-6-11(7-8)15(3,13)14/h8H,4-7H2,1-3H3/t8-/m0/s1. The summed E-state index contributed by atoms with van der Waals surface area (Å²) in [5.74, 6) is -0.160. The maximum atomic E-state index is 11.7. The van der Waals surface area contributed by atoms with Crippen LogP contribution in [0, 0.1) is 5.92 Å². The first kappa shape index (κ1) is 12.4. The van der Waals surface area contributed by atoms with Crippen LogP contribution >= 0.6 is 0 Å². The Labute approximate surface area is 91.1 Å². The molecule has 0 bridgehead atoms. The van der Waals surface area contributed by atoms with E-state index in [-0.39, 0.29) is 11.8 Å². The Kier molecular flexibility index (Phi) is 3.72. The van der Waals surface area contributed by atoms with Crippen LogP contribution in [0.2, 0.25) is 0 Å². The number of carbonyl (C=O) groups excluding carboxylic acids is 1. The van der Waals surface area contributed by atoms with Crippen molar-refractivity contribution < 1.29 is 13.2 Å². The second-order valence-corrected chi connectivity index (χ2v) is 6.18. The summed E-state index contributed by atoms with van der Waals surface area (Å²) < 4.78 is 24.0. The molecule has 0 aromatic carbocycles. The highest BCUT2D eigenvalue weighted by atomic mass is 32.2. The van der Waals surface area contributed by atoms with Gasteiger partial charge in [0.15, 0.2) is 0 Å². The third kappa shape index (κ3) is 3.17. The molecule has 1 rings (SSSR count). The maximum Gasteiger partial charge on any atom is 0.226 e. The fourth-order valence-corrected chi connectivity index (χ4v) is 2.72. The molecule has 5 nitrogen and oxygen atoms in total. The summed E-state index contributed by atoms with van der Waals surface area (Å²) in [7, 11) is 0.237. The van der Waals surface area contributed by atoms with Crippen LogP contribution in [0.25, 0.3) is 0 Å². The van der Waals surface area contributed by atoms with Crippen LogP contribution in [-0.4, -0.2) is 57.0 Å². The van der Waals surface area contributed by atoms with Gasteiger partial charge in [0.25, 0.3) is 0 Å². The van der Waals surface area contributed by atoms with E-state index >= 15 is 0 Å². The molecule has 1 saturated heterocycles. The van der Waals surface area contributed by atoms with Crippen LogP contribution in [-0.2, 0) is 14.8 Å². The Hall–Kier alpha value is -0.620. The van der Waals surface area contributed by atoms with Gasteiger partial charge in [-0.1, -0.05) is 0 Å². The Balaban J connectivity index is 2.69. The molecule has 0 aromatic heterocycles. The molecule has 0 unspecified atom stereocenters. The van der Waals surface area contributed by atoms with Gasteiger partial charge in [0.2, 0.25) is 15.9 Å². The summed E-state index contributed by atoms with van der Waals surface area (Å²) in [6.07, 6.45) is 2.73. The molecule has 0 spiro atoms. The van der Waals surface area contributed by atoms with E-state index in [0.717, 1.165) is 12.8 Å². The molecule has 15 heavy (non-hydrogen) atoms. The highest BCUT2D eigenvalue weighted by Crippen LogP contribution is 2.19. The van der Waals surface area contributed by atoms with Gasteiger partial charge in [0, 0.05) is 27.2 Å². The lowest BCUT2D eigenvalue weighted by atomic mass is 9.98. The molecular formula is C9H18N2O3S. The zero-order valence-electron chi connectivity index (χ0n) is 9.43. The van der Waals surface area contributed by atoms with Crippen molar-refractivity contribution in [2.45, 2.75) is 12.8 Å². The molecule has 0 N–H and O–H groups in total. The molecule has 88 valence electrons. The zero-order valence-corrected chi connectivity index (χ0v) is 10.2. The van der Waals surface area contributed by atoms with Gasteiger partial charge in [-0.15, -0.1) is 0 Å². The van der Waals surface area contributed by atoms with Crippen molar-refractivity contribution in [1.29, 1.82) is 0 Å². The predicted octanol–water partition coefficient (Wildman–Crippen LogP) is -0.254. The van der Waals surface area contributed by atoms with Crippen molar-refractivity contribution in [2.75, 3.05) is 33.4 Å². The van der Waals surface area contributed by atoms with Crippen LogP contribution in [0.3, 0.4) is 0 Å². The largest absolute Gasteiger partial charge is 0.349 e. The first-order valence-corrected chi connectivity index (χ1v) is 6.83. The van der Waals surface area contributed by atoms with Crippen LogP contribution in [0.1, 0.15) is 12.8 Å². The fraction of sp³-hybridized carbons (Fsp3) is 0.889. The van der Waals surface area contributed by atoms with Gasteiger partial charge < -0.3 is 4.90 Å². The molecule has 0 radical (unpaired) electrons. The second-order valence-electron chi connectivity index (χ2n) is 4.19. The molecule has 1 aliphatic heterocycles. The summed E-state index contributed by atoms with van der Waals surface area (Å²) >= 11 is 0. The summed E-state index contributed by atoms with van der Waals surface area (Å²) in [5, 5.41) is 0. The quantitative estimate of drug-likeness (QED) is 0.662. The van der Waals surface area contributed by atoms with Crippen molar-refractivity contribution in [2.24, 2.45) is 5.92 Å². The highest BCUT2D eigenvalue weighted by Gasteiger charge is 2.30. The number of sulfonamides is 1. The SMILES string of the molecule is CN(C)C(=O)[C@H]1CCCN(S(C)(=O)=O)C1. The number of rotatable bonds is 2. The summed E-state index contributed by atoms with van der Waals surface area (Å²) in [6.45, 7) is 0.867. The lowest BCUT2D eigenvalue weighted by Gasteiger charge is -2.31. The van der Waals surface area contributed by atoms with E-state index in [9.17, 15) is 13.2 Å². The number of piperidine rings is 1. The number of amides is 1. The van der Waals surface area contributed by atoms with Crippen LogP contribution in [0.15, 0.2) is 0 Å². The second kappa shape index (κ2) is 4.49. The van der Waals surface area contributed by atoms with E-state index in [1.54, 1.807) is 14.1 Å². The lowest BCUT2D eigenvalue weighted by Crippen LogP contribution is -2.44. The molecule has 1 atom stereocenters. The van der Waals surface area contributed by atoms with Crippen LogP contribution < -0.4 is 0 Å². The smallest absolute Gasteiger partial charge is 0.226 e. The molecule has 0 aromatic rings. The van der Waals surface area contributed by atoms with Gasteiger partial charge in [0.1, 0.15) is 0 Å². The van der Waals surface area contributed by atoms with Crippen molar-refractivity contribution in [3.05, 3.63) is 0 Å².